The maximum absolute atomic E-state index is 13.3. The maximum atomic E-state index is 13.3. The first kappa shape index (κ1) is 52.6. The number of benzene rings is 3. The van der Waals surface area contributed by atoms with Gasteiger partial charge in [0, 0.05) is 0 Å². The molecule has 3 amide bonds. The molecule has 1 saturated carbocycles. The second-order valence-electron chi connectivity index (χ2n) is 17.7. The fourth-order valence-corrected chi connectivity index (χ4v) is 9.19. The molecule has 0 aromatic heterocycles. The van der Waals surface area contributed by atoms with Crippen LogP contribution >= 0.6 is 8.20 Å². The monoisotopic (exact) mass is 987 g/mol. The van der Waals surface area contributed by atoms with E-state index >= 15 is 0 Å². The number of aliphatic hydroxyl groups excluding tert-OH is 2. The fourth-order valence-electron chi connectivity index (χ4n) is 8.76. The SMILES string of the molecule is C=PCCC1OC(OC2C(O)C(NC(=O)OCc3ccccc3)CC(C)C2OC2OC(CC)C=CC2NC(=O)OCc2ccccc2)C(O)C1OC1OC(CC)C=CC1NC(=O)OCc1ccccc1. The summed E-state index contributed by atoms with van der Waals surface area (Å²) in [4.78, 5) is 39.6. The summed E-state index contributed by atoms with van der Waals surface area (Å²) in [5.74, 6) is -0.429. The van der Waals surface area contributed by atoms with E-state index in [0.717, 1.165) is 24.9 Å². The molecule has 2 fully saturated rings. The number of nitrogens with one attached hydrogen (secondary N) is 3. The zero-order valence-electron chi connectivity index (χ0n) is 39.7. The number of ether oxygens (including phenoxy) is 9. The van der Waals surface area contributed by atoms with Crippen molar-refractivity contribution in [2.45, 2.75) is 152 Å². The Morgan fingerprint density at radius 1 is 0.600 bits per heavy atom. The second-order valence-corrected chi connectivity index (χ2v) is 18.6. The van der Waals surface area contributed by atoms with Gasteiger partial charge in [-0.25, -0.2) is 14.4 Å². The Morgan fingerprint density at radius 2 is 1.04 bits per heavy atom. The number of rotatable bonds is 20. The molecule has 5 N–H and O–H groups in total. The molecule has 15 atom stereocenters. The van der Waals surface area contributed by atoms with Crippen LogP contribution in [0.4, 0.5) is 14.4 Å². The summed E-state index contributed by atoms with van der Waals surface area (Å²) in [5.41, 5.74) is 2.41. The van der Waals surface area contributed by atoms with Gasteiger partial charge in [0.1, 0.15) is 56.3 Å². The smallest absolute Gasteiger partial charge is 0.408 e. The van der Waals surface area contributed by atoms with Crippen LogP contribution in [0.5, 0.6) is 0 Å². The topological polar surface area (TPSA) is 211 Å². The maximum Gasteiger partial charge on any atom is 0.408 e. The molecule has 4 aliphatic rings. The van der Waals surface area contributed by atoms with Crippen LogP contribution < -0.4 is 16.0 Å². The summed E-state index contributed by atoms with van der Waals surface area (Å²) in [6, 6.07) is 25.3. The van der Waals surface area contributed by atoms with Crippen LogP contribution in [0.3, 0.4) is 0 Å². The zero-order valence-corrected chi connectivity index (χ0v) is 40.6. The Labute approximate surface area is 410 Å². The highest BCUT2D eigenvalue weighted by atomic mass is 31.1. The highest BCUT2D eigenvalue weighted by molar-refractivity contribution is 7.36. The molecule has 0 bridgehead atoms. The summed E-state index contributed by atoms with van der Waals surface area (Å²) >= 11 is 0. The minimum atomic E-state index is -1.45. The van der Waals surface area contributed by atoms with E-state index in [-0.39, 0.29) is 38.4 Å². The molecular weight excluding hydrogens is 922 g/mol. The summed E-state index contributed by atoms with van der Waals surface area (Å²) in [5, 5.41) is 33.0. The van der Waals surface area contributed by atoms with Gasteiger partial charge in [-0.2, -0.15) is 0 Å². The number of hydrogen-bond acceptors (Lipinski definition) is 14. The lowest BCUT2D eigenvalue weighted by atomic mass is 9.80. The van der Waals surface area contributed by atoms with E-state index in [1.165, 1.54) is 0 Å². The number of carbonyl (C=O) groups is 3. The van der Waals surface area contributed by atoms with Crippen LogP contribution in [-0.2, 0) is 62.5 Å². The Hall–Kier alpha value is -5.20. The molecule has 0 radical (unpaired) electrons. The predicted octanol–water partition coefficient (Wildman–Crippen LogP) is 6.66. The molecule has 3 aliphatic heterocycles. The largest absolute Gasteiger partial charge is 0.445 e. The van der Waals surface area contributed by atoms with Crippen molar-refractivity contribution in [2.24, 2.45) is 5.92 Å². The molecule has 1 saturated heterocycles. The van der Waals surface area contributed by atoms with Crippen LogP contribution in [0, 0.1) is 5.92 Å². The molecule has 15 unspecified atom stereocenters. The molecule has 0 spiro atoms. The Morgan fingerprint density at radius 3 is 1.50 bits per heavy atom. The standard InChI is InChI=1S/C52H66N3O14P/c1-5-36-22-24-38(53-50(58)61-29-33-16-10-7-11-17-33)47(64-36)67-44-32(3)28-40(55-52(60)63-31-35-20-14-9-15-21-35)42(56)46(44)69-49-43(57)45(41(66-49)26-27-70-4)68-48-39(25-23-37(6-2)65-48)54-51(59)62-30-34-18-12-8-13-19-34/h7-25,32,36-49,56-57H,4-6,26-31H2,1-3H3,(H,53,58)(H,54,59)(H,55,60). The van der Waals surface area contributed by atoms with Crippen LogP contribution in [0.1, 0.15) is 63.1 Å². The molecule has 70 heavy (non-hydrogen) atoms. The quantitative estimate of drug-likeness (QED) is 0.0456. The molecule has 7 rings (SSSR count). The van der Waals surface area contributed by atoms with Crippen LogP contribution in [-0.4, -0.2) is 127 Å². The molecular formula is C52H66N3O14P. The van der Waals surface area contributed by atoms with Gasteiger partial charge in [-0.15, -0.1) is 8.20 Å². The Bertz CT molecular complexity index is 2170. The molecule has 3 heterocycles. The normalized spacial score (nSPS) is 31.6. The lowest BCUT2D eigenvalue weighted by molar-refractivity contribution is -0.286. The van der Waals surface area contributed by atoms with Crippen molar-refractivity contribution in [3.05, 3.63) is 132 Å². The van der Waals surface area contributed by atoms with Crippen molar-refractivity contribution < 1.29 is 67.2 Å². The third-order valence-corrected chi connectivity index (χ3v) is 13.2. The van der Waals surface area contributed by atoms with E-state index in [1.807, 2.05) is 124 Å². The summed E-state index contributed by atoms with van der Waals surface area (Å²) < 4.78 is 55.8. The minimum absolute atomic E-state index is 0.00630. The van der Waals surface area contributed by atoms with Gasteiger partial charge >= 0.3 is 18.3 Å². The van der Waals surface area contributed by atoms with Gasteiger partial charge in [0.2, 0.25) is 0 Å². The van der Waals surface area contributed by atoms with Gasteiger partial charge in [-0.05, 0) is 54.5 Å². The lowest BCUT2D eigenvalue weighted by Gasteiger charge is -2.46. The van der Waals surface area contributed by atoms with E-state index in [9.17, 15) is 24.6 Å². The zero-order chi connectivity index (χ0) is 49.4. The van der Waals surface area contributed by atoms with Gasteiger partial charge in [0.25, 0.3) is 0 Å². The second kappa shape index (κ2) is 26.3. The molecule has 3 aromatic rings. The van der Waals surface area contributed by atoms with Crippen molar-refractivity contribution in [3.8, 4) is 0 Å². The molecule has 3 aromatic carbocycles. The molecule has 17 nitrogen and oxygen atoms in total. The van der Waals surface area contributed by atoms with Crippen LogP contribution in [0.25, 0.3) is 0 Å². The summed E-state index contributed by atoms with van der Waals surface area (Å²) in [6.45, 7) is 5.89. The first-order chi connectivity index (χ1) is 34.0. The van der Waals surface area contributed by atoms with E-state index < -0.39 is 97.8 Å². The van der Waals surface area contributed by atoms with Crippen molar-refractivity contribution >= 4 is 32.8 Å². The number of alkyl carbamates (subject to hydrolysis) is 3. The van der Waals surface area contributed by atoms with E-state index in [0.29, 0.717) is 25.4 Å². The highest BCUT2D eigenvalue weighted by Gasteiger charge is 2.53. The Balaban J connectivity index is 1.10. The minimum Gasteiger partial charge on any atom is -0.445 e. The fraction of sp³-hybridized carbons (Fsp3) is 0.500. The molecule has 378 valence electrons. The van der Waals surface area contributed by atoms with Crippen LogP contribution in [0.15, 0.2) is 115 Å². The average Bonchev–Trinajstić information content (AvgIpc) is 3.67. The highest BCUT2D eigenvalue weighted by Crippen LogP contribution is 2.37. The molecule has 1 aliphatic carbocycles. The third kappa shape index (κ3) is 14.7. The third-order valence-electron chi connectivity index (χ3n) is 12.6. The average molecular weight is 988 g/mol. The first-order valence-electron chi connectivity index (χ1n) is 24.0. The summed E-state index contributed by atoms with van der Waals surface area (Å²) in [7, 11) is 0.823. The van der Waals surface area contributed by atoms with Crippen molar-refractivity contribution in [1.82, 2.24) is 16.0 Å². The van der Waals surface area contributed by atoms with Crippen molar-refractivity contribution in [1.29, 1.82) is 0 Å². The van der Waals surface area contributed by atoms with Gasteiger partial charge in [0.15, 0.2) is 18.9 Å². The predicted molar refractivity (Wildman–Crippen MR) is 259 cm³/mol. The van der Waals surface area contributed by atoms with Gasteiger partial charge < -0.3 is 68.8 Å². The molecule has 18 heteroatoms. The number of amides is 3. The lowest BCUT2D eigenvalue weighted by Crippen LogP contribution is -2.63. The number of carbonyl (C=O) groups excluding carboxylic acids is 3. The van der Waals surface area contributed by atoms with Crippen LogP contribution in [0.2, 0.25) is 0 Å². The van der Waals surface area contributed by atoms with Gasteiger partial charge in [0.05, 0.1) is 30.5 Å². The van der Waals surface area contributed by atoms with Crippen molar-refractivity contribution in [2.75, 3.05) is 6.16 Å². The summed E-state index contributed by atoms with van der Waals surface area (Å²) in [6.07, 6.45) is 0.359. The first-order valence-corrected chi connectivity index (χ1v) is 25.3. The van der Waals surface area contributed by atoms with E-state index in [4.69, 9.17) is 42.6 Å². The van der Waals surface area contributed by atoms with E-state index in [1.54, 1.807) is 12.2 Å². The number of hydrogen-bond donors (Lipinski definition) is 5. The van der Waals surface area contributed by atoms with Crippen molar-refractivity contribution in [3.63, 3.8) is 0 Å². The van der Waals surface area contributed by atoms with E-state index in [2.05, 4.69) is 22.2 Å². The van der Waals surface area contributed by atoms with Gasteiger partial charge in [-0.3, -0.25) is 0 Å². The Kier molecular flexibility index (Phi) is 19.8. The number of aliphatic hydroxyl groups is 2. The van der Waals surface area contributed by atoms with Gasteiger partial charge in [-0.1, -0.05) is 142 Å².